The number of fused-ring (bicyclic) bond motifs is 3. The number of halogens is 1. The van der Waals surface area contributed by atoms with Crippen LogP contribution in [0.5, 0.6) is 5.75 Å². The van der Waals surface area contributed by atoms with E-state index in [0.29, 0.717) is 5.75 Å². The molecular formula is C12H8BBrO4. The van der Waals surface area contributed by atoms with Crippen molar-refractivity contribution >= 4 is 45.2 Å². The van der Waals surface area contributed by atoms with Crippen molar-refractivity contribution in [1.82, 2.24) is 0 Å². The van der Waals surface area contributed by atoms with E-state index in [0.717, 1.165) is 26.4 Å². The van der Waals surface area contributed by atoms with Crippen LogP contribution < -0.4 is 4.65 Å². The predicted octanol–water partition coefficient (Wildman–Crippen LogP) is 2.70. The maximum atomic E-state index is 8.79. The van der Waals surface area contributed by atoms with Crippen LogP contribution in [0.25, 0.3) is 21.9 Å². The third-order valence-electron chi connectivity index (χ3n) is 2.64. The van der Waals surface area contributed by atoms with Crippen LogP contribution in [0.2, 0.25) is 0 Å². The van der Waals surface area contributed by atoms with Crippen molar-refractivity contribution < 1.29 is 19.1 Å². The largest absolute Gasteiger partial charge is 0.707 e. The molecule has 3 aromatic rings. The van der Waals surface area contributed by atoms with Crippen LogP contribution in [0.1, 0.15) is 0 Å². The Kier molecular flexibility index (Phi) is 2.78. The lowest BCUT2D eigenvalue weighted by Gasteiger charge is -2.03. The molecule has 0 bridgehead atoms. The van der Waals surface area contributed by atoms with Crippen molar-refractivity contribution in [1.29, 1.82) is 0 Å². The molecule has 0 aliphatic carbocycles. The smallest absolute Gasteiger partial charge is 0.512 e. The van der Waals surface area contributed by atoms with E-state index in [1.54, 1.807) is 18.2 Å². The monoisotopic (exact) mass is 306 g/mol. The van der Waals surface area contributed by atoms with Crippen LogP contribution in [0.15, 0.2) is 45.3 Å². The molecule has 0 saturated heterocycles. The second-order valence-electron chi connectivity index (χ2n) is 3.84. The molecule has 1 heterocycles. The topological polar surface area (TPSA) is 62.8 Å². The summed E-state index contributed by atoms with van der Waals surface area (Å²) in [6.45, 7) is 0. The van der Waals surface area contributed by atoms with Gasteiger partial charge < -0.3 is 19.1 Å². The summed E-state index contributed by atoms with van der Waals surface area (Å²) < 4.78 is 11.4. The van der Waals surface area contributed by atoms with E-state index in [2.05, 4.69) is 15.9 Å². The summed E-state index contributed by atoms with van der Waals surface area (Å²) in [5, 5.41) is 19.4. The Morgan fingerprint density at radius 1 is 1.00 bits per heavy atom. The van der Waals surface area contributed by atoms with Gasteiger partial charge in [-0.3, -0.25) is 0 Å². The van der Waals surface area contributed by atoms with Crippen LogP contribution >= 0.6 is 15.9 Å². The van der Waals surface area contributed by atoms with Gasteiger partial charge in [0.25, 0.3) is 0 Å². The van der Waals surface area contributed by atoms with Crippen molar-refractivity contribution in [3.63, 3.8) is 0 Å². The molecule has 3 rings (SSSR count). The summed E-state index contributed by atoms with van der Waals surface area (Å²) in [5.41, 5.74) is 1.50. The lowest BCUT2D eigenvalue weighted by molar-refractivity contribution is 0.288. The van der Waals surface area contributed by atoms with E-state index < -0.39 is 7.32 Å². The highest BCUT2D eigenvalue weighted by Crippen LogP contribution is 2.33. The van der Waals surface area contributed by atoms with Crippen LogP contribution in [0.4, 0.5) is 0 Å². The molecule has 2 aromatic carbocycles. The minimum absolute atomic E-state index is 0.375. The Morgan fingerprint density at radius 2 is 1.67 bits per heavy atom. The minimum Gasteiger partial charge on any atom is -0.512 e. The third kappa shape index (κ3) is 1.99. The van der Waals surface area contributed by atoms with E-state index in [1.165, 1.54) is 0 Å². The Hall–Kier alpha value is -1.50. The number of benzene rings is 2. The first-order chi connectivity index (χ1) is 8.63. The van der Waals surface area contributed by atoms with Gasteiger partial charge in [0.05, 0.1) is 0 Å². The molecule has 18 heavy (non-hydrogen) atoms. The molecule has 0 aliphatic rings. The second-order valence-corrected chi connectivity index (χ2v) is 4.76. The highest BCUT2D eigenvalue weighted by atomic mass is 79.9. The van der Waals surface area contributed by atoms with E-state index in [1.807, 2.05) is 18.2 Å². The summed E-state index contributed by atoms with van der Waals surface area (Å²) in [6, 6.07) is 10.8. The van der Waals surface area contributed by atoms with E-state index in [4.69, 9.17) is 19.1 Å². The van der Waals surface area contributed by atoms with E-state index >= 15 is 0 Å². The number of furan rings is 1. The first kappa shape index (κ1) is 11.6. The summed E-state index contributed by atoms with van der Waals surface area (Å²) in [4.78, 5) is 0. The van der Waals surface area contributed by atoms with Crippen molar-refractivity contribution in [2.75, 3.05) is 0 Å². The zero-order valence-electron chi connectivity index (χ0n) is 9.13. The molecule has 0 unspecified atom stereocenters. The number of hydrogen-bond acceptors (Lipinski definition) is 4. The summed E-state index contributed by atoms with van der Waals surface area (Å²) in [7, 11) is -1.83. The maximum Gasteiger partial charge on any atom is 0.707 e. The zero-order chi connectivity index (χ0) is 12.7. The van der Waals surface area contributed by atoms with E-state index in [9.17, 15) is 0 Å². The highest BCUT2D eigenvalue weighted by molar-refractivity contribution is 9.10. The van der Waals surface area contributed by atoms with Crippen LogP contribution in [0, 0.1) is 0 Å². The lowest BCUT2D eigenvalue weighted by Crippen LogP contribution is -2.20. The molecule has 0 saturated carbocycles. The third-order valence-corrected chi connectivity index (χ3v) is 3.14. The number of rotatable bonds is 2. The lowest BCUT2D eigenvalue weighted by atomic mass is 10.1. The maximum absolute atomic E-state index is 8.79. The average Bonchev–Trinajstić information content (AvgIpc) is 2.66. The van der Waals surface area contributed by atoms with Gasteiger partial charge in [-0.2, -0.15) is 0 Å². The van der Waals surface area contributed by atoms with Gasteiger partial charge in [0.2, 0.25) is 0 Å². The van der Waals surface area contributed by atoms with Crippen molar-refractivity contribution in [3.05, 3.63) is 40.9 Å². The van der Waals surface area contributed by atoms with Gasteiger partial charge in [-0.1, -0.05) is 15.9 Å². The molecule has 2 N–H and O–H groups in total. The molecule has 1 aromatic heterocycles. The molecule has 0 fully saturated rings. The molecule has 0 spiro atoms. The summed E-state index contributed by atoms with van der Waals surface area (Å²) >= 11 is 3.41. The Labute approximate surface area is 111 Å². The quantitative estimate of drug-likeness (QED) is 0.715. The summed E-state index contributed by atoms with van der Waals surface area (Å²) in [6.07, 6.45) is 0. The average molecular weight is 307 g/mol. The fourth-order valence-corrected chi connectivity index (χ4v) is 2.28. The molecule has 0 radical (unpaired) electrons. The van der Waals surface area contributed by atoms with Crippen LogP contribution in [0.3, 0.4) is 0 Å². The molecule has 90 valence electrons. The van der Waals surface area contributed by atoms with Gasteiger partial charge in [-0.05, 0) is 36.4 Å². The molecule has 6 heteroatoms. The SMILES string of the molecule is OB(O)Oc1ccc2oc3ccc(Br)cc3c2c1. The van der Waals surface area contributed by atoms with Crippen molar-refractivity contribution in [3.8, 4) is 5.75 Å². The Balaban J connectivity index is 2.24. The van der Waals surface area contributed by atoms with Crippen molar-refractivity contribution in [2.45, 2.75) is 0 Å². The fraction of sp³-hybridized carbons (Fsp3) is 0. The molecule has 4 nitrogen and oxygen atoms in total. The highest BCUT2D eigenvalue weighted by Gasteiger charge is 2.13. The van der Waals surface area contributed by atoms with Gasteiger partial charge in [-0.25, -0.2) is 0 Å². The number of hydrogen-bond donors (Lipinski definition) is 2. The Morgan fingerprint density at radius 3 is 2.39 bits per heavy atom. The second kappa shape index (κ2) is 4.31. The van der Waals surface area contributed by atoms with Gasteiger partial charge >= 0.3 is 7.32 Å². The Bertz CT molecular complexity index is 722. The predicted molar refractivity (Wildman–Crippen MR) is 72.2 cm³/mol. The molecule has 0 atom stereocenters. The molecule has 0 aliphatic heterocycles. The van der Waals surface area contributed by atoms with Crippen LogP contribution in [-0.2, 0) is 0 Å². The first-order valence-corrected chi connectivity index (χ1v) is 6.07. The minimum atomic E-state index is -1.83. The van der Waals surface area contributed by atoms with Crippen molar-refractivity contribution in [2.24, 2.45) is 0 Å². The van der Waals surface area contributed by atoms with Crippen LogP contribution in [-0.4, -0.2) is 17.4 Å². The zero-order valence-corrected chi connectivity index (χ0v) is 10.7. The summed E-state index contributed by atoms with van der Waals surface area (Å²) in [5.74, 6) is 0.375. The molecular weight excluding hydrogens is 299 g/mol. The molecule has 0 amide bonds. The van der Waals surface area contributed by atoms with Gasteiger partial charge in [0.1, 0.15) is 16.9 Å². The first-order valence-electron chi connectivity index (χ1n) is 5.28. The standard InChI is InChI=1S/C12H8BBrO4/c14-7-1-3-11-9(5-7)10-6-8(18-13(15)16)2-4-12(10)17-11/h1-6,15-16H. The fourth-order valence-electron chi connectivity index (χ4n) is 1.92. The van der Waals surface area contributed by atoms with Gasteiger partial charge in [0, 0.05) is 15.2 Å². The normalized spacial score (nSPS) is 11.1. The van der Waals surface area contributed by atoms with Gasteiger partial charge in [0.15, 0.2) is 0 Å². The van der Waals surface area contributed by atoms with E-state index in [-0.39, 0.29) is 0 Å². The van der Waals surface area contributed by atoms with Gasteiger partial charge in [-0.15, -0.1) is 0 Å².